The van der Waals surface area contributed by atoms with E-state index in [1.165, 1.54) is 6.20 Å². The second kappa shape index (κ2) is 5.59. The SMILES string of the molecule is CCOC(=O)c1cnn2cc(CCCO)cnc12. The lowest BCUT2D eigenvalue weighted by Crippen LogP contribution is -2.05. The van der Waals surface area contributed by atoms with Gasteiger partial charge in [0.05, 0.1) is 12.8 Å². The van der Waals surface area contributed by atoms with Crippen molar-refractivity contribution in [3.05, 3.63) is 29.7 Å². The van der Waals surface area contributed by atoms with Crippen LogP contribution in [0, 0.1) is 0 Å². The molecule has 0 aliphatic heterocycles. The third-order valence-corrected chi connectivity index (χ3v) is 2.53. The fraction of sp³-hybridized carbons (Fsp3) is 0.417. The zero-order valence-corrected chi connectivity index (χ0v) is 10.2. The third kappa shape index (κ3) is 2.48. The number of carbonyl (C=O) groups excluding carboxylic acids is 1. The molecule has 0 spiro atoms. The summed E-state index contributed by atoms with van der Waals surface area (Å²) in [7, 11) is 0. The van der Waals surface area contributed by atoms with E-state index in [0.717, 1.165) is 12.0 Å². The van der Waals surface area contributed by atoms with Crippen molar-refractivity contribution in [1.29, 1.82) is 0 Å². The number of ether oxygens (including phenoxy) is 1. The van der Waals surface area contributed by atoms with Crippen LogP contribution in [0.25, 0.3) is 5.65 Å². The lowest BCUT2D eigenvalue weighted by molar-refractivity contribution is 0.0528. The number of aliphatic hydroxyl groups is 1. The molecular weight excluding hydrogens is 234 g/mol. The van der Waals surface area contributed by atoms with E-state index in [1.807, 2.05) is 0 Å². The van der Waals surface area contributed by atoms with Gasteiger partial charge in [-0.1, -0.05) is 0 Å². The van der Waals surface area contributed by atoms with Crippen molar-refractivity contribution in [2.75, 3.05) is 13.2 Å². The summed E-state index contributed by atoms with van der Waals surface area (Å²) in [5.41, 5.74) is 1.82. The van der Waals surface area contributed by atoms with Gasteiger partial charge >= 0.3 is 5.97 Å². The summed E-state index contributed by atoms with van der Waals surface area (Å²) in [6.07, 6.45) is 6.36. The first kappa shape index (κ1) is 12.5. The van der Waals surface area contributed by atoms with Gasteiger partial charge in [-0.25, -0.2) is 14.3 Å². The summed E-state index contributed by atoms with van der Waals surface area (Å²) in [6, 6.07) is 0. The molecule has 2 rings (SSSR count). The zero-order valence-electron chi connectivity index (χ0n) is 10.2. The van der Waals surface area contributed by atoms with Crippen LogP contribution in [-0.4, -0.2) is 38.9 Å². The second-order valence-electron chi connectivity index (χ2n) is 3.84. The van der Waals surface area contributed by atoms with Crippen molar-refractivity contribution in [2.45, 2.75) is 19.8 Å². The van der Waals surface area contributed by atoms with E-state index in [2.05, 4.69) is 10.1 Å². The summed E-state index contributed by atoms with van der Waals surface area (Å²) >= 11 is 0. The Labute approximate surface area is 104 Å². The molecule has 0 radical (unpaired) electrons. The monoisotopic (exact) mass is 249 g/mol. The van der Waals surface area contributed by atoms with Crippen LogP contribution in [0.4, 0.5) is 0 Å². The van der Waals surface area contributed by atoms with Crippen molar-refractivity contribution >= 4 is 11.6 Å². The predicted molar refractivity (Wildman–Crippen MR) is 64.4 cm³/mol. The van der Waals surface area contributed by atoms with Crippen LogP contribution in [0.15, 0.2) is 18.6 Å². The molecule has 0 aliphatic rings. The van der Waals surface area contributed by atoms with Crippen LogP contribution >= 0.6 is 0 Å². The molecule has 0 atom stereocenters. The van der Waals surface area contributed by atoms with Gasteiger partial charge in [-0.15, -0.1) is 0 Å². The average Bonchev–Trinajstić information content (AvgIpc) is 2.79. The maximum absolute atomic E-state index is 11.6. The standard InChI is InChI=1S/C12H15N3O3/c1-2-18-12(17)10-7-14-15-8-9(4-3-5-16)6-13-11(10)15/h6-8,16H,2-5H2,1H3. The molecule has 2 heterocycles. The largest absolute Gasteiger partial charge is 0.462 e. The predicted octanol–water partition coefficient (Wildman–Crippen LogP) is 0.831. The highest BCUT2D eigenvalue weighted by Gasteiger charge is 2.14. The Morgan fingerprint density at radius 1 is 1.50 bits per heavy atom. The molecule has 0 saturated heterocycles. The molecular formula is C12H15N3O3. The Balaban J connectivity index is 2.28. The van der Waals surface area contributed by atoms with Gasteiger partial charge in [-0.3, -0.25) is 0 Å². The number of aryl methyl sites for hydroxylation is 1. The van der Waals surface area contributed by atoms with Gasteiger partial charge in [0, 0.05) is 19.0 Å². The molecule has 6 heteroatoms. The van der Waals surface area contributed by atoms with Gasteiger partial charge in [0.1, 0.15) is 5.56 Å². The molecule has 1 N–H and O–H groups in total. The molecule has 96 valence electrons. The Morgan fingerprint density at radius 3 is 3.06 bits per heavy atom. The fourth-order valence-corrected chi connectivity index (χ4v) is 1.68. The van der Waals surface area contributed by atoms with Crippen molar-refractivity contribution in [3.8, 4) is 0 Å². The molecule has 0 saturated carbocycles. The zero-order chi connectivity index (χ0) is 13.0. The number of aliphatic hydroxyl groups excluding tert-OH is 1. The molecule has 18 heavy (non-hydrogen) atoms. The molecule has 0 unspecified atom stereocenters. The van der Waals surface area contributed by atoms with Crippen molar-refractivity contribution in [1.82, 2.24) is 14.6 Å². The average molecular weight is 249 g/mol. The molecule has 6 nitrogen and oxygen atoms in total. The van der Waals surface area contributed by atoms with Crippen LogP contribution in [0.1, 0.15) is 29.3 Å². The number of hydrogen-bond donors (Lipinski definition) is 1. The highest BCUT2D eigenvalue weighted by Crippen LogP contribution is 2.11. The van der Waals surface area contributed by atoms with Crippen LogP contribution < -0.4 is 0 Å². The number of hydrogen-bond acceptors (Lipinski definition) is 5. The molecule has 0 aromatic carbocycles. The van der Waals surface area contributed by atoms with Crippen molar-refractivity contribution < 1.29 is 14.6 Å². The summed E-state index contributed by atoms with van der Waals surface area (Å²) in [5, 5.41) is 12.9. The lowest BCUT2D eigenvalue weighted by Gasteiger charge is -2.01. The minimum absolute atomic E-state index is 0.144. The Kier molecular flexibility index (Phi) is 3.88. The third-order valence-electron chi connectivity index (χ3n) is 2.53. The Bertz CT molecular complexity index is 550. The van der Waals surface area contributed by atoms with Gasteiger partial charge in [0.15, 0.2) is 5.65 Å². The smallest absolute Gasteiger partial charge is 0.343 e. The first-order valence-corrected chi connectivity index (χ1v) is 5.86. The molecule has 0 bridgehead atoms. The van der Waals surface area contributed by atoms with Crippen LogP contribution in [0.2, 0.25) is 0 Å². The maximum atomic E-state index is 11.6. The minimum Gasteiger partial charge on any atom is -0.462 e. The highest BCUT2D eigenvalue weighted by molar-refractivity contribution is 5.95. The van der Waals surface area contributed by atoms with Crippen LogP contribution in [0.5, 0.6) is 0 Å². The highest BCUT2D eigenvalue weighted by atomic mass is 16.5. The summed E-state index contributed by atoms with van der Waals surface area (Å²) in [4.78, 5) is 15.8. The number of carbonyl (C=O) groups is 1. The number of rotatable bonds is 5. The van der Waals surface area contributed by atoms with Crippen LogP contribution in [-0.2, 0) is 11.2 Å². The fourth-order valence-electron chi connectivity index (χ4n) is 1.68. The van der Waals surface area contributed by atoms with Crippen molar-refractivity contribution in [2.24, 2.45) is 0 Å². The number of esters is 1. The van der Waals surface area contributed by atoms with Gasteiger partial charge < -0.3 is 9.84 Å². The molecule has 2 aromatic heterocycles. The normalized spacial score (nSPS) is 10.8. The molecule has 0 fully saturated rings. The van der Waals surface area contributed by atoms with E-state index in [1.54, 1.807) is 23.8 Å². The number of nitrogens with zero attached hydrogens (tertiary/aromatic N) is 3. The van der Waals surface area contributed by atoms with Crippen molar-refractivity contribution in [3.63, 3.8) is 0 Å². The topological polar surface area (TPSA) is 76.7 Å². The quantitative estimate of drug-likeness (QED) is 0.794. The Hall–Kier alpha value is -1.95. The van der Waals surface area contributed by atoms with Gasteiger partial charge in [0.25, 0.3) is 0 Å². The number of fused-ring (bicyclic) bond motifs is 1. The summed E-state index contributed by atoms with van der Waals surface area (Å²) < 4.78 is 6.48. The molecule has 2 aromatic rings. The van der Waals surface area contributed by atoms with Gasteiger partial charge in [-0.05, 0) is 25.3 Å². The molecule has 0 amide bonds. The van der Waals surface area contributed by atoms with E-state index < -0.39 is 5.97 Å². The first-order valence-electron chi connectivity index (χ1n) is 5.86. The Morgan fingerprint density at radius 2 is 2.33 bits per heavy atom. The van der Waals surface area contributed by atoms with Gasteiger partial charge in [0.2, 0.25) is 0 Å². The maximum Gasteiger partial charge on any atom is 0.343 e. The number of aromatic nitrogens is 3. The van der Waals surface area contributed by atoms with Gasteiger partial charge in [-0.2, -0.15) is 5.10 Å². The van der Waals surface area contributed by atoms with E-state index in [0.29, 0.717) is 24.2 Å². The molecule has 0 aliphatic carbocycles. The first-order chi connectivity index (χ1) is 8.76. The minimum atomic E-state index is -0.414. The summed E-state index contributed by atoms with van der Waals surface area (Å²) in [5.74, 6) is -0.414. The van der Waals surface area contributed by atoms with E-state index in [-0.39, 0.29) is 6.61 Å². The van der Waals surface area contributed by atoms with E-state index >= 15 is 0 Å². The van der Waals surface area contributed by atoms with E-state index in [9.17, 15) is 4.79 Å². The van der Waals surface area contributed by atoms with E-state index in [4.69, 9.17) is 9.84 Å². The summed E-state index contributed by atoms with van der Waals surface area (Å²) in [6.45, 7) is 2.22. The lowest BCUT2D eigenvalue weighted by atomic mass is 10.2. The second-order valence-corrected chi connectivity index (χ2v) is 3.84. The van der Waals surface area contributed by atoms with Crippen LogP contribution in [0.3, 0.4) is 0 Å².